The van der Waals surface area contributed by atoms with Crippen molar-refractivity contribution in [3.05, 3.63) is 151 Å². The van der Waals surface area contributed by atoms with Crippen LogP contribution in [-0.4, -0.2) is 5.91 Å². The summed E-state index contributed by atoms with van der Waals surface area (Å²) in [5.41, 5.74) is 17.8. The van der Waals surface area contributed by atoms with Gasteiger partial charge >= 0.3 is 0 Å². The third-order valence-corrected chi connectivity index (χ3v) is 6.84. The topological polar surface area (TPSA) is 99.6 Å². The van der Waals surface area contributed by atoms with Crippen LogP contribution in [0.3, 0.4) is 0 Å². The van der Waals surface area contributed by atoms with Gasteiger partial charge in [-0.3, -0.25) is 4.79 Å². The summed E-state index contributed by atoms with van der Waals surface area (Å²) >= 11 is 0. The van der Waals surface area contributed by atoms with E-state index >= 15 is 0 Å². The summed E-state index contributed by atoms with van der Waals surface area (Å²) in [5.74, 6) is 2.44. The number of rotatable bonds is 8. The molecule has 0 aliphatic heterocycles. The van der Waals surface area contributed by atoms with Crippen LogP contribution in [-0.2, 0) is 0 Å². The smallest absolute Gasteiger partial charge is 0.256 e. The number of nitrogens with two attached hydrogens (primary N) is 2. The molecule has 0 unspecified atom stereocenters. The number of amides is 1. The monoisotopic (exact) mass is 563 g/mol. The predicted molar refractivity (Wildman–Crippen MR) is 174 cm³/mol. The Hall–Kier alpha value is -6.01. The number of carbonyl (C=O) groups is 1. The maximum atomic E-state index is 13.6. The van der Waals surface area contributed by atoms with Crippen LogP contribution in [0, 0.1) is 0 Å². The Kier molecular flexibility index (Phi) is 7.74. The van der Waals surface area contributed by atoms with Gasteiger partial charge in [-0.05, 0) is 83.4 Å². The number of carbonyl (C=O) groups excluding carboxylic acids is 1. The SMILES string of the molecule is Nc1cccc(Oc2ccc(-c3cccc(C(=O)Nc4ccccc4)c3-c3ccc(Oc4cccc(N)c4)cc3)cc2)c1. The van der Waals surface area contributed by atoms with Crippen LogP contribution in [0.15, 0.2) is 146 Å². The molecule has 1 amide bonds. The summed E-state index contributed by atoms with van der Waals surface area (Å²) in [4.78, 5) is 13.6. The quantitative estimate of drug-likeness (QED) is 0.160. The van der Waals surface area contributed by atoms with E-state index in [1.54, 1.807) is 12.1 Å². The molecule has 0 spiro atoms. The minimum Gasteiger partial charge on any atom is -0.457 e. The zero-order chi connectivity index (χ0) is 29.6. The number of hydrogen-bond acceptors (Lipinski definition) is 5. The first-order chi connectivity index (χ1) is 21.0. The third kappa shape index (κ3) is 6.50. The first kappa shape index (κ1) is 27.2. The van der Waals surface area contributed by atoms with Gasteiger partial charge in [-0.1, -0.05) is 66.7 Å². The molecular weight excluding hydrogens is 534 g/mol. The van der Waals surface area contributed by atoms with Crippen LogP contribution in [0.4, 0.5) is 17.1 Å². The molecule has 0 atom stereocenters. The van der Waals surface area contributed by atoms with Crippen molar-refractivity contribution < 1.29 is 14.3 Å². The van der Waals surface area contributed by atoms with E-state index in [0.717, 1.165) is 27.9 Å². The third-order valence-electron chi connectivity index (χ3n) is 6.84. The molecule has 0 radical (unpaired) electrons. The normalized spacial score (nSPS) is 10.6. The molecular formula is C37H29N3O3. The molecule has 0 aromatic heterocycles. The van der Waals surface area contributed by atoms with Crippen molar-refractivity contribution in [2.75, 3.05) is 16.8 Å². The Bertz CT molecular complexity index is 1870. The predicted octanol–water partition coefficient (Wildman–Crippen LogP) is 9.02. The zero-order valence-corrected chi connectivity index (χ0v) is 23.2. The molecule has 6 aromatic rings. The highest BCUT2D eigenvalue weighted by molar-refractivity contribution is 6.11. The van der Waals surface area contributed by atoms with Crippen molar-refractivity contribution in [3.8, 4) is 45.3 Å². The number of nitrogens with one attached hydrogen (secondary N) is 1. The number of ether oxygens (including phenoxy) is 2. The molecule has 210 valence electrons. The standard InChI is InChI=1S/C37H29N3O3/c38-27-7-4-11-32(23-27)42-30-19-15-25(16-20-30)34-13-6-14-35(37(41)40-29-9-2-1-3-10-29)36(34)26-17-21-31(22-18-26)43-33-12-5-8-28(39)24-33/h1-24H,38-39H2,(H,40,41). The van der Waals surface area contributed by atoms with Crippen LogP contribution in [0.25, 0.3) is 22.3 Å². The van der Waals surface area contributed by atoms with E-state index in [-0.39, 0.29) is 5.91 Å². The summed E-state index contributed by atoms with van der Waals surface area (Å²) in [6, 6.07) is 45.2. The molecule has 0 aliphatic rings. The van der Waals surface area contributed by atoms with E-state index in [1.807, 2.05) is 133 Å². The van der Waals surface area contributed by atoms with Crippen molar-refractivity contribution in [1.29, 1.82) is 0 Å². The van der Waals surface area contributed by atoms with Gasteiger partial charge in [0.2, 0.25) is 0 Å². The highest BCUT2D eigenvalue weighted by atomic mass is 16.5. The van der Waals surface area contributed by atoms with E-state index in [1.165, 1.54) is 0 Å². The molecule has 0 saturated heterocycles. The van der Waals surface area contributed by atoms with E-state index in [0.29, 0.717) is 39.9 Å². The molecule has 0 fully saturated rings. The summed E-state index contributed by atoms with van der Waals surface area (Å²) < 4.78 is 12.0. The van der Waals surface area contributed by atoms with Gasteiger partial charge < -0.3 is 26.3 Å². The Morgan fingerprint density at radius 3 is 1.60 bits per heavy atom. The number of nitrogen functional groups attached to an aromatic ring is 2. The van der Waals surface area contributed by atoms with Crippen molar-refractivity contribution in [3.63, 3.8) is 0 Å². The molecule has 0 saturated carbocycles. The van der Waals surface area contributed by atoms with E-state index in [4.69, 9.17) is 20.9 Å². The number of benzene rings is 6. The Morgan fingerprint density at radius 1 is 0.512 bits per heavy atom. The van der Waals surface area contributed by atoms with Gasteiger partial charge in [-0.15, -0.1) is 0 Å². The molecule has 6 nitrogen and oxygen atoms in total. The second kappa shape index (κ2) is 12.2. The Labute approximate surface area is 250 Å². The van der Waals surface area contributed by atoms with E-state index < -0.39 is 0 Å². The van der Waals surface area contributed by atoms with E-state index in [9.17, 15) is 4.79 Å². The van der Waals surface area contributed by atoms with Gasteiger partial charge in [0.1, 0.15) is 23.0 Å². The van der Waals surface area contributed by atoms with Crippen molar-refractivity contribution >= 4 is 23.0 Å². The van der Waals surface area contributed by atoms with Crippen LogP contribution in [0.5, 0.6) is 23.0 Å². The summed E-state index contributed by atoms with van der Waals surface area (Å²) in [6.07, 6.45) is 0. The molecule has 5 N–H and O–H groups in total. The summed E-state index contributed by atoms with van der Waals surface area (Å²) in [7, 11) is 0. The van der Waals surface area contributed by atoms with Gasteiger partial charge in [-0.2, -0.15) is 0 Å². The van der Waals surface area contributed by atoms with Gasteiger partial charge in [0.25, 0.3) is 5.91 Å². The van der Waals surface area contributed by atoms with Gasteiger partial charge in [0.05, 0.1) is 0 Å². The number of para-hydroxylation sites is 1. The van der Waals surface area contributed by atoms with Gasteiger partial charge in [0, 0.05) is 40.3 Å². The first-order valence-electron chi connectivity index (χ1n) is 13.8. The molecule has 0 bridgehead atoms. The second-order valence-corrected chi connectivity index (χ2v) is 9.95. The molecule has 6 heteroatoms. The molecule has 6 rings (SSSR count). The summed E-state index contributed by atoms with van der Waals surface area (Å²) in [6.45, 7) is 0. The van der Waals surface area contributed by atoms with Gasteiger partial charge in [-0.25, -0.2) is 0 Å². The first-order valence-corrected chi connectivity index (χ1v) is 13.8. The van der Waals surface area contributed by atoms with E-state index in [2.05, 4.69) is 5.32 Å². The average molecular weight is 564 g/mol. The fraction of sp³-hybridized carbons (Fsp3) is 0. The Morgan fingerprint density at radius 2 is 1.05 bits per heavy atom. The van der Waals surface area contributed by atoms with Crippen molar-refractivity contribution in [2.24, 2.45) is 0 Å². The molecule has 43 heavy (non-hydrogen) atoms. The van der Waals surface area contributed by atoms with Crippen molar-refractivity contribution in [1.82, 2.24) is 0 Å². The highest BCUT2D eigenvalue weighted by Gasteiger charge is 2.18. The Balaban J connectivity index is 1.36. The lowest BCUT2D eigenvalue weighted by molar-refractivity contribution is 0.102. The summed E-state index contributed by atoms with van der Waals surface area (Å²) in [5, 5.41) is 3.03. The zero-order valence-electron chi connectivity index (χ0n) is 23.2. The van der Waals surface area contributed by atoms with Crippen LogP contribution in [0.1, 0.15) is 10.4 Å². The lowest BCUT2D eigenvalue weighted by Crippen LogP contribution is -2.13. The molecule has 0 heterocycles. The number of hydrogen-bond donors (Lipinski definition) is 3. The maximum Gasteiger partial charge on any atom is 0.256 e. The van der Waals surface area contributed by atoms with Crippen LogP contribution >= 0.6 is 0 Å². The fourth-order valence-electron chi connectivity index (χ4n) is 4.83. The second-order valence-electron chi connectivity index (χ2n) is 9.95. The highest BCUT2D eigenvalue weighted by Crippen LogP contribution is 2.38. The minimum atomic E-state index is -0.204. The molecule has 0 aliphatic carbocycles. The van der Waals surface area contributed by atoms with Crippen LogP contribution < -0.4 is 26.3 Å². The van der Waals surface area contributed by atoms with Gasteiger partial charge in [0.15, 0.2) is 0 Å². The largest absolute Gasteiger partial charge is 0.457 e. The van der Waals surface area contributed by atoms with Crippen LogP contribution in [0.2, 0.25) is 0 Å². The molecule has 6 aromatic carbocycles. The lowest BCUT2D eigenvalue weighted by Gasteiger charge is -2.17. The van der Waals surface area contributed by atoms with Crippen molar-refractivity contribution in [2.45, 2.75) is 0 Å². The maximum absolute atomic E-state index is 13.6. The minimum absolute atomic E-state index is 0.204. The fourth-order valence-corrected chi connectivity index (χ4v) is 4.83. The number of anilines is 3. The average Bonchev–Trinajstić information content (AvgIpc) is 3.02. The lowest BCUT2D eigenvalue weighted by atomic mass is 9.90.